The number of hydrogen-bond donors (Lipinski definition) is 2. The highest BCUT2D eigenvalue weighted by atomic mass is 32.2. The van der Waals surface area contributed by atoms with Crippen LogP contribution in [0.15, 0.2) is 58.4 Å². The van der Waals surface area contributed by atoms with Crippen LogP contribution in [0.1, 0.15) is 25.3 Å². The summed E-state index contributed by atoms with van der Waals surface area (Å²) in [6.45, 7) is 4.59. The highest BCUT2D eigenvalue weighted by molar-refractivity contribution is 7.90. The maximum absolute atomic E-state index is 12.2. The number of carbonyl (C=O) groups is 1. The number of benzene rings is 2. The Kier molecular flexibility index (Phi) is 5.27. The van der Waals surface area contributed by atoms with E-state index in [1.165, 1.54) is 12.1 Å². The minimum Gasteiger partial charge on any atom is -0.371 e. The van der Waals surface area contributed by atoms with Gasteiger partial charge in [-0.3, -0.25) is 14.5 Å². The third-order valence-corrected chi connectivity index (χ3v) is 6.61. The molecule has 0 bridgehead atoms. The smallest absolute Gasteiger partial charge is 0.263 e. The summed E-state index contributed by atoms with van der Waals surface area (Å²) in [5.74, 6) is 0.843. The number of anilines is 2. The summed E-state index contributed by atoms with van der Waals surface area (Å²) < 4.78 is 26.6. The quantitative estimate of drug-likeness (QED) is 0.790. The number of nitrogens with one attached hydrogen (secondary N) is 2. The molecular weight excluding hydrogens is 388 g/mol. The number of sulfonamides is 1. The Hall–Kier alpha value is -2.87. The van der Waals surface area contributed by atoms with Gasteiger partial charge < -0.3 is 10.2 Å². The fourth-order valence-electron chi connectivity index (χ4n) is 3.67. The summed E-state index contributed by atoms with van der Waals surface area (Å²) in [4.78, 5) is 19.1. The van der Waals surface area contributed by atoms with Gasteiger partial charge in [0.2, 0.25) is 5.91 Å². The summed E-state index contributed by atoms with van der Waals surface area (Å²) in [6, 6.07) is 14.5. The van der Waals surface area contributed by atoms with Gasteiger partial charge in [-0.25, -0.2) is 8.42 Å². The van der Waals surface area contributed by atoms with Crippen molar-refractivity contribution >= 4 is 33.1 Å². The van der Waals surface area contributed by atoms with Crippen LogP contribution in [-0.4, -0.2) is 39.8 Å². The van der Waals surface area contributed by atoms with Crippen molar-refractivity contribution in [2.45, 2.75) is 24.7 Å². The van der Waals surface area contributed by atoms with E-state index in [-0.39, 0.29) is 29.6 Å². The van der Waals surface area contributed by atoms with Gasteiger partial charge in [0.25, 0.3) is 10.0 Å². The molecule has 0 aliphatic carbocycles. The summed E-state index contributed by atoms with van der Waals surface area (Å²) in [5, 5.41) is 2.86. The first-order valence-electron chi connectivity index (χ1n) is 9.74. The molecule has 1 amide bonds. The Morgan fingerprint density at radius 3 is 2.69 bits per heavy atom. The van der Waals surface area contributed by atoms with Crippen molar-refractivity contribution in [3.8, 4) is 0 Å². The minimum absolute atomic E-state index is 0.161. The Labute approximate surface area is 170 Å². The van der Waals surface area contributed by atoms with Crippen molar-refractivity contribution in [1.82, 2.24) is 4.72 Å². The molecule has 4 rings (SSSR count). The molecule has 2 N–H and O–H groups in total. The van der Waals surface area contributed by atoms with Gasteiger partial charge in [0.05, 0.1) is 11.4 Å². The molecule has 7 nitrogen and oxygen atoms in total. The number of hydrogen-bond acceptors (Lipinski definition) is 5. The van der Waals surface area contributed by atoms with Crippen molar-refractivity contribution < 1.29 is 13.2 Å². The molecule has 0 radical (unpaired) electrons. The van der Waals surface area contributed by atoms with Gasteiger partial charge in [0.15, 0.2) is 0 Å². The zero-order chi connectivity index (χ0) is 20.4. The molecule has 2 aromatic rings. The molecule has 0 aromatic heterocycles. The van der Waals surface area contributed by atoms with E-state index in [0.29, 0.717) is 11.5 Å². The number of fused-ring (bicyclic) bond motifs is 1. The monoisotopic (exact) mass is 412 g/mol. The van der Waals surface area contributed by atoms with E-state index in [1.807, 2.05) is 24.3 Å². The number of rotatable bonds is 5. The van der Waals surface area contributed by atoms with E-state index in [1.54, 1.807) is 24.3 Å². The van der Waals surface area contributed by atoms with E-state index in [9.17, 15) is 13.2 Å². The Morgan fingerprint density at radius 1 is 1.21 bits per heavy atom. The van der Waals surface area contributed by atoms with Crippen LogP contribution in [0, 0.1) is 5.92 Å². The Balaban J connectivity index is 1.32. The lowest BCUT2D eigenvalue weighted by molar-refractivity contribution is -0.116. The van der Waals surface area contributed by atoms with Crippen LogP contribution in [-0.2, 0) is 14.8 Å². The molecule has 2 aliphatic heterocycles. The molecule has 2 aromatic carbocycles. The molecule has 0 spiro atoms. The average molecular weight is 413 g/mol. The lowest BCUT2D eigenvalue weighted by atomic mass is 10.2. The Bertz CT molecular complexity index is 1050. The van der Waals surface area contributed by atoms with E-state index in [0.717, 1.165) is 18.8 Å². The zero-order valence-corrected chi connectivity index (χ0v) is 17.1. The lowest BCUT2D eigenvalue weighted by Gasteiger charge is -2.18. The fraction of sp³-hybridized carbons (Fsp3) is 0.333. The van der Waals surface area contributed by atoms with Gasteiger partial charge in [-0.1, -0.05) is 19.1 Å². The maximum atomic E-state index is 12.2. The first-order valence-corrected chi connectivity index (χ1v) is 11.2. The molecule has 1 saturated heterocycles. The third-order valence-electron chi connectivity index (χ3n) is 5.21. The minimum atomic E-state index is -3.55. The van der Waals surface area contributed by atoms with Gasteiger partial charge in [-0.15, -0.1) is 0 Å². The van der Waals surface area contributed by atoms with Crippen LogP contribution in [0.5, 0.6) is 0 Å². The normalized spacial score (nSPS) is 21.1. The van der Waals surface area contributed by atoms with Gasteiger partial charge in [-0.2, -0.15) is 0 Å². The second-order valence-electron chi connectivity index (χ2n) is 7.52. The summed E-state index contributed by atoms with van der Waals surface area (Å²) in [7, 11) is -3.55. The van der Waals surface area contributed by atoms with Crippen LogP contribution < -0.4 is 14.9 Å². The van der Waals surface area contributed by atoms with E-state index in [2.05, 4.69) is 26.9 Å². The van der Waals surface area contributed by atoms with Crippen molar-refractivity contribution in [3.63, 3.8) is 0 Å². The maximum Gasteiger partial charge on any atom is 0.263 e. The van der Waals surface area contributed by atoms with Crippen molar-refractivity contribution in [3.05, 3.63) is 54.1 Å². The average Bonchev–Trinajstić information content (AvgIpc) is 3.24. The van der Waals surface area contributed by atoms with Crippen LogP contribution in [0.25, 0.3) is 0 Å². The molecule has 2 heterocycles. The largest absolute Gasteiger partial charge is 0.371 e. The standard InChI is InChI=1S/C21H24N4O3S/c1-15-11-13-25(14-15)17-8-6-16(7-9-17)23-20(26)10-12-22-21-18-4-2-3-5-19(18)29(27,28)24-21/h2-9,15H,10-14H2,1H3,(H,22,24)(H,23,26). The fourth-order valence-corrected chi connectivity index (χ4v) is 4.92. The van der Waals surface area contributed by atoms with Gasteiger partial charge in [0.1, 0.15) is 5.84 Å². The SMILES string of the molecule is CC1CCN(c2ccc(NC(=O)CCN=C3NS(=O)(=O)c4ccccc43)cc2)C1. The summed E-state index contributed by atoms with van der Waals surface area (Å²) in [5.41, 5.74) is 2.45. The first-order chi connectivity index (χ1) is 13.9. The van der Waals surface area contributed by atoms with Crippen molar-refractivity contribution in [2.75, 3.05) is 29.9 Å². The number of amides is 1. The predicted octanol–water partition coefficient (Wildman–Crippen LogP) is 2.60. The number of carbonyl (C=O) groups excluding carboxylic acids is 1. The van der Waals surface area contributed by atoms with Crippen LogP contribution in [0.3, 0.4) is 0 Å². The highest BCUT2D eigenvalue weighted by Gasteiger charge is 2.29. The van der Waals surface area contributed by atoms with Gasteiger partial charge >= 0.3 is 0 Å². The molecule has 0 saturated carbocycles. The molecule has 1 fully saturated rings. The van der Waals surface area contributed by atoms with E-state index >= 15 is 0 Å². The lowest BCUT2D eigenvalue weighted by Crippen LogP contribution is -2.23. The highest BCUT2D eigenvalue weighted by Crippen LogP contribution is 2.25. The second kappa shape index (κ2) is 7.87. The molecule has 2 aliphatic rings. The number of aliphatic imine (C=N–C) groups is 1. The molecule has 1 atom stereocenters. The second-order valence-corrected chi connectivity index (χ2v) is 9.17. The molecule has 152 valence electrons. The van der Waals surface area contributed by atoms with E-state index in [4.69, 9.17) is 0 Å². The molecule has 8 heteroatoms. The Morgan fingerprint density at radius 2 is 1.97 bits per heavy atom. The molecular formula is C21H24N4O3S. The van der Waals surface area contributed by atoms with Crippen LogP contribution in [0.2, 0.25) is 0 Å². The zero-order valence-electron chi connectivity index (χ0n) is 16.3. The van der Waals surface area contributed by atoms with Gasteiger partial charge in [0, 0.05) is 36.4 Å². The topological polar surface area (TPSA) is 90.9 Å². The number of amidine groups is 1. The first kappa shape index (κ1) is 19.4. The van der Waals surface area contributed by atoms with Crippen molar-refractivity contribution in [2.24, 2.45) is 10.9 Å². The van der Waals surface area contributed by atoms with E-state index < -0.39 is 10.0 Å². The van der Waals surface area contributed by atoms with Crippen LogP contribution >= 0.6 is 0 Å². The van der Waals surface area contributed by atoms with Crippen LogP contribution in [0.4, 0.5) is 11.4 Å². The van der Waals surface area contributed by atoms with Gasteiger partial charge in [-0.05, 0) is 48.7 Å². The summed E-state index contributed by atoms with van der Waals surface area (Å²) >= 11 is 0. The molecule has 29 heavy (non-hydrogen) atoms. The third kappa shape index (κ3) is 4.27. The predicted molar refractivity (Wildman–Crippen MR) is 114 cm³/mol. The number of nitrogens with zero attached hydrogens (tertiary/aromatic N) is 2. The molecule has 1 unspecified atom stereocenters. The van der Waals surface area contributed by atoms with Crippen molar-refractivity contribution in [1.29, 1.82) is 0 Å². The summed E-state index contributed by atoms with van der Waals surface area (Å²) in [6.07, 6.45) is 1.38.